The molecule has 1 amide bonds. The van der Waals surface area contributed by atoms with Gasteiger partial charge in [0.2, 0.25) is 5.91 Å². The highest BCUT2D eigenvalue weighted by molar-refractivity contribution is 6.30. The summed E-state index contributed by atoms with van der Waals surface area (Å²) >= 11 is 5.73. The lowest BCUT2D eigenvalue weighted by molar-refractivity contribution is -0.131. The highest BCUT2D eigenvalue weighted by atomic mass is 35.5. The minimum Gasteiger partial charge on any atom is -0.385 e. The fraction of sp³-hybridized carbons (Fsp3) is 0.300. The Hall–Kier alpha value is -1.10. The standard InChI is InChI=1S/C10H12ClNO3/c1-5-4-6(11)2-3-7(5)8(13)9(14)10(12)15/h2-4,8-9,13-14H,1H3,(H2,12,15). The van der Waals surface area contributed by atoms with Crippen LogP contribution in [0.1, 0.15) is 17.2 Å². The zero-order valence-corrected chi connectivity index (χ0v) is 8.90. The average Bonchev–Trinajstić information content (AvgIpc) is 2.15. The van der Waals surface area contributed by atoms with Gasteiger partial charge in [-0.3, -0.25) is 4.79 Å². The summed E-state index contributed by atoms with van der Waals surface area (Å²) in [5.74, 6) is -0.961. The van der Waals surface area contributed by atoms with Crippen molar-refractivity contribution in [3.05, 3.63) is 34.3 Å². The van der Waals surface area contributed by atoms with Crippen LogP contribution in [0.4, 0.5) is 0 Å². The minimum atomic E-state index is -1.61. The molecule has 0 spiro atoms. The van der Waals surface area contributed by atoms with Gasteiger partial charge in [-0.25, -0.2) is 0 Å². The van der Waals surface area contributed by atoms with E-state index in [2.05, 4.69) is 0 Å². The maximum Gasteiger partial charge on any atom is 0.249 e. The van der Waals surface area contributed by atoms with Crippen LogP contribution in [0.5, 0.6) is 0 Å². The molecule has 2 atom stereocenters. The molecule has 2 unspecified atom stereocenters. The Kier molecular flexibility index (Phi) is 3.68. The number of halogens is 1. The second-order valence-corrected chi connectivity index (χ2v) is 3.73. The van der Waals surface area contributed by atoms with Crippen molar-refractivity contribution in [1.82, 2.24) is 0 Å². The predicted molar refractivity (Wildman–Crippen MR) is 56.4 cm³/mol. The number of hydrogen-bond donors (Lipinski definition) is 3. The first-order chi connectivity index (χ1) is 6.93. The summed E-state index contributed by atoms with van der Waals surface area (Å²) in [5.41, 5.74) is 6.01. The lowest BCUT2D eigenvalue weighted by Crippen LogP contribution is -2.34. The number of aliphatic hydroxyl groups is 2. The van der Waals surface area contributed by atoms with Gasteiger partial charge in [-0.1, -0.05) is 17.7 Å². The van der Waals surface area contributed by atoms with E-state index in [1.165, 1.54) is 0 Å². The highest BCUT2D eigenvalue weighted by Gasteiger charge is 2.24. The molecule has 5 heteroatoms. The van der Waals surface area contributed by atoms with Crippen molar-refractivity contribution in [2.24, 2.45) is 5.73 Å². The van der Waals surface area contributed by atoms with Gasteiger partial charge < -0.3 is 15.9 Å². The van der Waals surface area contributed by atoms with Crippen molar-refractivity contribution < 1.29 is 15.0 Å². The average molecular weight is 230 g/mol. The van der Waals surface area contributed by atoms with Gasteiger partial charge in [0.1, 0.15) is 6.10 Å². The van der Waals surface area contributed by atoms with E-state index in [0.717, 1.165) is 0 Å². The Morgan fingerprint density at radius 1 is 1.47 bits per heavy atom. The first-order valence-electron chi connectivity index (χ1n) is 4.35. The van der Waals surface area contributed by atoms with E-state index >= 15 is 0 Å². The van der Waals surface area contributed by atoms with Crippen LogP contribution in [0.2, 0.25) is 5.02 Å². The Labute approximate surface area is 92.3 Å². The quantitative estimate of drug-likeness (QED) is 0.707. The lowest BCUT2D eigenvalue weighted by Gasteiger charge is -2.17. The van der Waals surface area contributed by atoms with Crippen LogP contribution in [0.3, 0.4) is 0 Å². The minimum absolute atomic E-state index is 0.436. The SMILES string of the molecule is Cc1cc(Cl)ccc1C(O)C(O)C(N)=O. The molecule has 4 N–H and O–H groups in total. The molecule has 0 aliphatic heterocycles. The highest BCUT2D eigenvalue weighted by Crippen LogP contribution is 2.23. The first kappa shape index (κ1) is 12.0. The zero-order valence-electron chi connectivity index (χ0n) is 8.14. The van der Waals surface area contributed by atoms with Crippen molar-refractivity contribution in [3.63, 3.8) is 0 Å². The molecular weight excluding hydrogens is 218 g/mol. The number of benzene rings is 1. The third kappa shape index (κ3) is 2.68. The monoisotopic (exact) mass is 229 g/mol. The fourth-order valence-corrected chi connectivity index (χ4v) is 1.52. The molecule has 1 aromatic rings. The summed E-state index contributed by atoms with van der Waals surface area (Å²) < 4.78 is 0. The zero-order chi connectivity index (χ0) is 11.6. The van der Waals surface area contributed by atoms with Gasteiger partial charge >= 0.3 is 0 Å². The van der Waals surface area contributed by atoms with E-state index in [0.29, 0.717) is 16.1 Å². The number of hydrogen-bond acceptors (Lipinski definition) is 3. The topological polar surface area (TPSA) is 83.6 Å². The van der Waals surface area contributed by atoms with E-state index < -0.39 is 18.1 Å². The number of aliphatic hydroxyl groups excluding tert-OH is 2. The molecule has 0 fully saturated rings. The molecule has 0 radical (unpaired) electrons. The lowest BCUT2D eigenvalue weighted by atomic mass is 9.99. The molecular formula is C10H12ClNO3. The summed E-state index contributed by atoms with van der Waals surface area (Å²) in [6, 6.07) is 4.75. The summed E-state index contributed by atoms with van der Waals surface area (Å²) in [6.07, 6.45) is -2.93. The van der Waals surface area contributed by atoms with E-state index in [-0.39, 0.29) is 0 Å². The van der Waals surface area contributed by atoms with Gasteiger partial charge in [0.15, 0.2) is 6.10 Å². The summed E-state index contributed by atoms with van der Waals surface area (Å²) in [4.78, 5) is 10.7. The van der Waals surface area contributed by atoms with Crippen molar-refractivity contribution in [1.29, 1.82) is 0 Å². The second kappa shape index (κ2) is 4.61. The number of carbonyl (C=O) groups is 1. The van der Waals surface area contributed by atoms with Gasteiger partial charge in [0, 0.05) is 5.02 Å². The Morgan fingerprint density at radius 2 is 2.07 bits per heavy atom. The van der Waals surface area contributed by atoms with Gasteiger partial charge in [0.05, 0.1) is 0 Å². The van der Waals surface area contributed by atoms with E-state index in [9.17, 15) is 15.0 Å². The van der Waals surface area contributed by atoms with Crippen LogP contribution in [0.15, 0.2) is 18.2 Å². The number of amides is 1. The van der Waals surface area contributed by atoms with Gasteiger partial charge in [-0.2, -0.15) is 0 Å². The third-order valence-electron chi connectivity index (χ3n) is 2.14. The largest absolute Gasteiger partial charge is 0.385 e. The number of aryl methyl sites for hydroxylation is 1. The predicted octanol–water partition coefficient (Wildman–Crippen LogP) is 0.528. The van der Waals surface area contributed by atoms with Gasteiger partial charge in [0.25, 0.3) is 0 Å². The summed E-state index contributed by atoms with van der Waals surface area (Å²) in [6.45, 7) is 1.72. The Balaban J connectivity index is 3.01. The molecule has 1 aromatic carbocycles. The van der Waals surface area contributed by atoms with Crippen LogP contribution in [-0.4, -0.2) is 22.2 Å². The fourth-order valence-electron chi connectivity index (χ4n) is 1.30. The maximum atomic E-state index is 10.7. The van der Waals surface area contributed by atoms with Crippen molar-refractivity contribution in [2.75, 3.05) is 0 Å². The normalized spacial score (nSPS) is 14.7. The van der Waals surface area contributed by atoms with Crippen LogP contribution < -0.4 is 5.73 Å². The molecule has 0 aliphatic rings. The number of nitrogens with two attached hydrogens (primary N) is 1. The summed E-state index contributed by atoms with van der Waals surface area (Å²) in [7, 11) is 0. The smallest absolute Gasteiger partial charge is 0.249 e. The first-order valence-corrected chi connectivity index (χ1v) is 4.72. The van der Waals surface area contributed by atoms with Crippen LogP contribution in [0, 0.1) is 6.92 Å². The number of rotatable bonds is 3. The summed E-state index contributed by atoms with van der Waals surface area (Å²) in [5, 5.41) is 19.4. The van der Waals surface area contributed by atoms with E-state index in [1.54, 1.807) is 25.1 Å². The van der Waals surface area contributed by atoms with Crippen molar-refractivity contribution in [2.45, 2.75) is 19.1 Å². The van der Waals surface area contributed by atoms with Crippen LogP contribution >= 0.6 is 11.6 Å². The van der Waals surface area contributed by atoms with Gasteiger partial charge in [-0.15, -0.1) is 0 Å². The Morgan fingerprint density at radius 3 is 2.53 bits per heavy atom. The van der Waals surface area contributed by atoms with Crippen LogP contribution in [0.25, 0.3) is 0 Å². The molecule has 0 bridgehead atoms. The second-order valence-electron chi connectivity index (χ2n) is 3.29. The molecule has 0 aromatic heterocycles. The van der Waals surface area contributed by atoms with Crippen molar-refractivity contribution >= 4 is 17.5 Å². The van der Waals surface area contributed by atoms with Crippen molar-refractivity contribution in [3.8, 4) is 0 Å². The molecule has 0 saturated heterocycles. The molecule has 1 rings (SSSR count). The number of carbonyl (C=O) groups excluding carboxylic acids is 1. The molecule has 0 saturated carbocycles. The molecule has 0 aliphatic carbocycles. The molecule has 82 valence electrons. The Bertz CT molecular complexity index is 381. The van der Waals surface area contributed by atoms with Crippen LogP contribution in [-0.2, 0) is 4.79 Å². The molecule has 15 heavy (non-hydrogen) atoms. The number of primary amides is 1. The van der Waals surface area contributed by atoms with E-state index in [4.69, 9.17) is 17.3 Å². The van der Waals surface area contributed by atoms with Gasteiger partial charge in [-0.05, 0) is 30.2 Å². The van der Waals surface area contributed by atoms with E-state index in [1.807, 2.05) is 0 Å². The molecule has 4 nitrogen and oxygen atoms in total. The maximum absolute atomic E-state index is 10.7. The molecule has 0 heterocycles. The third-order valence-corrected chi connectivity index (χ3v) is 2.38.